The molecule has 1 aromatic carbocycles. The van der Waals surface area contributed by atoms with Crippen molar-refractivity contribution in [2.45, 2.75) is 6.42 Å². The fourth-order valence-corrected chi connectivity index (χ4v) is 1.60. The fourth-order valence-electron chi connectivity index (χ4n) is 1.60. The summed E-state index contributed by atoms with van der Waals surface area (Å²) in [5.41, 5.74) is 0.258. The molecule has 0 heterocycles. The van der Waals surface area contributed by atoms with E-state index < -0.39 is 5.97 Å². The lowest BCUT2D eigenvalue weighted by atomic mass is 10.2. The van der Waals surface area contributed by atoms with Gasteiger partial charge in [-0.15, -0.1) is 0 Å². The van der Waals surface area contributed by atoms with E-state index in [0.717, 1.165) is 19.5 Å². The molecule has 0 unspecified atom stereocenters. The quantitative estimate of drug-likeness (QED) is 0.568. The molecule has 1 aromatic rings. The van der Waals surface area contributed by atoms with Gasteiger partial charge in [0.25, 0.3) is 0 Å². The Labute approximate surface area is 125 Å². The Morgan fingerprint density at radius 1 is 1.10 bits per heavy atom. The van der Waals surface area contributed by atoms with Crippen molar-refractivity contribution in [2.75, 3.05) is 46.6 Å². The molecule has 0 saturated carbocycles. The van der Waals surface area contributed by atoms with Gasteiger partial charge < -0.3 is 24.6 Å². The molecule has 0 amide bonds. The first-order chi connectivity index (χ1) is 10.2. The first kappa shape index (κ1) is 17.4. The Hall–Kier alpha value is -1.63. The van der Waals surface area contributed by atoms with Crippen LogP contribution in [-0.2, 0) is 9.47 Å². The van der Waals surface area contributed by atoms with Crippen LogP contribution in [0.4, 0.5) is 0 Å². The van der Waals surface area contributed by atoms with Crippen molar-refractivity contribution in [3.05, 3.63) is 29.8 Å². The molecular formula is C15H23NO5. The molecule has 0 spiro atoms. The number of hydrogen-bond donors (Lipinski definition) is 2. The zero-order valence-corrected chi connectivity index (χ0v) is 12.3. The molecule has 6 heteroatoms. The summed E-state index contributed by atoms with van der Waals surface area (Å²) in [6.07, 6.45) is 0.941. The van der Waals surface area contributed by atoms with Crippen molar-refractivity contribution in [2.24, 2.45) is 0 Å². The fraction of sp³-hybridized carbons (Fsp3) is 0.533. The van der Waals surface area contributed by atoms with Gasteiger partial charge in [-0.3, -0.25) is 0 Å². The van der Waals surface area contributed by atoms with E-state index in [-0.39, 0.29) is 5.56 Å². The van der Waals surface area contributed by atoms with Crippen LogP contribution in [0.15, 0.2) is 24.3 Å². The number of benzene rings is 1. The number of ether oxygens (including phenoxy) is 3. The minimum absolute atomic E-state index is 0.258. The molecule has 2 N–H and O–H groups in total. The molecule has 21 heavy (non-hydrogen) atoms. The number of aromatic carboxylic acids is 1. The van der Waals surface area contributed by atoms with Crippen molar-refractivity contribution in [1.82, 2.24) is 5.32 Å². The zero-order chi connectivity index (χ0) is 15.3. The highest BCUT2D eigenvalue weighted by atomic mass is 16.5. The largest absolute Gasteiger partial charge is 0.492 e. The number of methoxy groups -OCH3 is 1. The van der Waals surface area contributed by atoms with Crippen molar-refractivity contribution < 1.29 is 24.1 Å². The van der Waals surface area contributed by atoms with Gasteiger partial charge in [0, 0.05) is 20.3 Å². The number of carboxylic acid groups (broad SMARTS) is 1. The average Bonchev–Trinajstić information content (AvgIpc) is 2.49. The van der Waals surface area contributed by atoms with Gasteiger partial charge in [-0.25, -0.2) is 4.79 Å². The van der Waals surface area contributed by atoms with Crippen LogP contribution in [0.25, 0.3) is 0 Å². The summed E-state index contributed by atoms with van der Waals surface area (Å²) in [6, 6.07) is 6.38. The number of hydrogen-bond acceptors (Lipinski definition) is 5. The SMILES string of the molecule is COCCOCCCNCCOc1ccc(C(=O)O)cc1. The number of rotatable bonds is 12. The highest BCUT2D eigenvalue weighted by molar-refractivity contribution is 5.87. The Morgan fingerprint density at radius 3 is 2.52 bits per heavy atom. The van der Waals surface area contributed by atoms with Crippen molar-refractivity contribution >= 4 is 5.97 Å². The molecule has 1 rings (SSSR count). The lowest BCUT2D eigenvalue weighted by molar-refractivity contribution is 0.0693. The van der Waals surface area contributed by atoms with Crippen LogP contribution in [0.2, 0.25) is 0 Å². The minimum atomic E-state index is -0.934. The van der Waals surface area contributed by atoms with Crippen molar-refractivity contribution in [3.8, 4) is 5.75 Å². The summed E-state index contributed by atoms with van der Waals surface area (Å²) < 4.78 is 15.7. The molecule has 0 radical (unpaired) electrons. The first-order valence-corrected chi connectivity index (χ1v) is 6.97. The predicted octanol–water partition coefficient (Wildman–Crippen LogP) is 1.41. The number of carbonyl (C=O) groups is 1. The molecule has 6 nitrogen and oxygen atoms in total. The maximum absolute atomic E-state index is 10.7. The Bertz CT molecular complexity index is 394. The summed E-state index contributed by atoms with van der Waals surface area (Å²) >= 11 is 0. The average molecular weight is 297 g/mol. The first-order valence-electron chi connectivity index (χ1n) is 6.97. The van der Waals surface area contributed by atoms with Crippen LogP contribution in [-0.4, -0.2) is 57.7 Å². The topological polar surface area (TPSA) is 77.0 Å². The maximum Gasteiger partial charge on any atom is 0.335 e. The van der Waals surface area contributed by atoms with Crippen LogP contribution in [0, 0.1) is 0 Å². The number of carboxylic acids is 1. The van der Waals surface area contributed by atoms with Crippen LogP contribution in [0.3, 0.4) is 0 Å². The third kappa shape index (κ3) is 8.29. The van der Waals surface area contributed by atoms with Gasteiger partial charge in [-0.2, -0.15) is 0 Å². The molecule has 0 fully saturated rings. The molecule has 0 atom stereocenters. The minimum Gasteiger partial charge on any atom is -0.492 e. The zero-order valence-electron chi connectivity index (χ0n) is 12.3. The standard InChI is InChI=1S/C15H23NO5/c1-19-11-12-20-9-2-7-16-8-10-21-14-5-3-13(4-6-14)15(17)18/h3-6,16H,2,7-12H2,1H3,(H,17,18). The van der Waals surface area contributed by atoms with Gasteiger partial charge in [-0.1, -0.05) is 0 Å². The van der Waals surface area contributed by atoms with E-state index in [0.29, 0.717) is 32.2 Å². The molecular weight excluding hydrogens is 274 g/mol. The highest BCUT2D eigenvalue weighted by Gasteiger charge is 2.01. The summed E-state index contributed by atoms with van der Waals surface area (Å²) in [5, 5.41) is 12.0. The summed E-state index contributed by atoms with van der Waals surface area (Å²) in [7, 11) is 1.65. The van der Waals surface area contributed by atoms with E-state index in [1.807, 2.05) is 0 Å². The molecule has 0 saturated heterocycles. The van der Waals surface area contributed by atoms with Crippen LogP contribution in [0.1, 0.15) is 16.8 Å². The lowest BCUT2D eigenvalue weighted by Crippen LogP contribution is -2.23. The molecule has 0 aliphatic heterocycles. The van der Waals surface area contributed by atoms with E-state index in [2.05, 4.69) is 5.32 Å². The molecule has 0 aromatic heterocycles. The third-order valence-corrected chi connectivity index (χ3v) is 2.72. The second-order valence-electron chi connectivity index (χ2n) is 4.39. The number of nitrogens with one attached hydrogen (secondary N) is 1. The van der Waals surface area contributed by atoms with Gasteiger partial charge >= 0.3 is 5.97 Å². The van der Waals surface area contributed by atoms with Gasteiger partial charge in [0.05, 0.1) is 18.8 Å². The maximum atomic E-state index is 10.7. The second kappa shape index (κ2) is 11.1. The Balaban J connectivity index is 1.98. The van der Waals surface area contributed by atoms with Gasteiger partial charge in [-0.05, 0) is 37.2 Å². The molecule has 0 aliphatic carbocycles. The van der Waals surface area contributed by atoms with Crippen LogP contribution < -0.4 is 10.1 Å². The summed E-state index contributed by atoms with van der Waals surface area (Å²) in [4.78, 5) is 10.7. The van der Waals surface area contributed by atoms with E-state index in [9.17, 15) is 4.79 Å². The molecule has 0 aliphatic rings. The lowest BCUT2D eigenvalue weighted by Gasteiger charge is -2.08. The normalized spacial score (nSPS) is 10.5. The van der Waals surface area contributed by atoms with E-state index in [4.69, 9.17) is 19.3 Å². The van der Waals surface area contributed by atoms with Crippen LogP contribution >= 0.6 is 0 Å². The van der Waals surface area contributed by atoms with E-state index in [1.165, 1.54) is 12.1 Å². The molecule has 0 bridgehead atoms. The second-order valence-corrected chi connectivity index (χ2v) is 4.39. The predicted molar refractivity (Wildman–Crippen MR) is 79.1 cm³/mol. The van der Waals surface area contributed by atoms with Gasteiger partial charge in [0.1, 0.15) is 12.4 Å². The summed E-state index contributed by atoms with van der Waals surface area (Å²) in [6.45, 7) is 4.12. The third-order valence-electron chi connectivity index (χ3n) is 2.72. The summed E-state index contributed by atoms with van der Waals surface area (Å²) in [5.74, 6) is -0.263. The smallest absolute Gasteiger partial charge is 0.335 e. The van der Waals surface area contributed by atoms with Gasteiger partial charge in [0.2, 0.25) is 0 Å². The highest BCUT2D eigenvalue weighted by Crippen LogP contribution is 2.11. The van der Waals surface area contributed by atoms with E-state index >= 15 is 0 Å². The van der Waals surface area contributed by atoms with E-state index in [1.54, 1.807) is 19.2 Å². The van der Waals surface area contributed by atoms with Crippen molar-refractivity contribution in [1.29, 1.82) is 0 Å². The monoisotopic (exact) mass is 297 g/mol. The molecule has 118 valence electrons. The van der Waals surface area contributed by atoms with Crippen molar-refractivity contribution in [3.63, 3.8) is 0 Å². The van der Waals surface area contributed by atoms with Gasteiger partial charge in [0.15, 0.2) is 0 Å². The Kier molecular flexibility index (Phi) is 9.19. The van der Waals surface area contributed by atoms with Crippen LogP contribution in [0.5, 0.6) is 5.75 Å². The Morgan fingerprint density at radius 2 is 1.86 bits per heavy atom.